The number of hydrogen-bond acceptors (Lipinski definition) is 5. The van der Waals surface area contributed by atoms with Gasteiger partial charge in [0.05, 0.1) is 37.2 Å². The summed E-state index contributed by atoms with van der Waals surface area (Å²) in [6.45, 7) is 5.51. The summed E-state index contributed by atoms with van der Waals surface area (Å²) in [6.07, 6.45) is 4.16. The predicted molar refractivity (Wildman–Crippen MR) is 69.0 cm³/mol. The topological polar surface area (TPSA) is 86.2 Å². The zero-order valence-corrected chi connectivity index (χ0v) is 11.2. The summed E-state index contributed by atoms with van der Waals surface area (Å²) in [5, 5.41) is 17.7. The monoisotopic (exact) mass is 256 g/mol. The molecule has 1 rings (SSSR count). The van der Waals surface area contributed by atoms with Crippen molar-refractivity contribution in [3.63, 3.8) is 0 Å². The molecule has 2 unspecified atom stereocenters. The molecule has 0 saturated heterocycles. The molecule has 1 aromatic rings. The number of rotatable bonds is 9. The van der Waals surface area contributed by atoms with E-state index in [0.717, 1.165) is 25.0 Å². The van der Waals surface area contributed by atoms with Crippen LogP contribution in [0.2, 0.25) is 0 Å². The Bertz CT molecular complexity index is 330. The molecule has 6 heteroatoms. The van der Waals surface area contributed by atoms with Crippen LogP contribution in [0.5, 0.6) is 0 Å². The molecule has 0 fully saturated rings. The lowest BCUT2D eigenvalue weighted by molar-refractivity contribution is 0.0251. The van der Waals surface area contributed by atoms with E-state index in [2.05, 4.69) is 17.2 Å². The van der Waals surface area contributed by atoms with Crippen LogP contribution in [0.1, 0.15) is 44.8 Å². The highest BCUT2D eigenvalue weighted by Gasteiger charge is 2.11. The maximum Gasteiger partial charge on any atom is 0.0994 e. The lowest BCUT2D eigenvalue weighted by Crippen LogP contribution is -2.22. The highest BCUT2D eigenvalue weighted by Crippen LogP contribution is 2.09. The van der Waals surface area contributed by atoms with E-state index < -0.39 is 6.10 Å². The van der Waals surface area contributed by atoms with Gasteiger partial charge in [-0.25, -0.2) is 4.68 Å². The third-order valence-electron chi connectivity index (χ3n) is 2.73. The van der Waals surface area contributed by atoms with Gasteiger partial charge in [0, 0.05) is 6.61 Å². The summed E-state index contributed by atoms with van der Waals surface area (Å²) in [5.74, 6) is 0. The molecule has 6 nitrogen and oxygen atoms in total. The number of aromatic nitrogens is 3. The molecule has 0 spiro atoms. The number of nitrogens with zero attached hydrogens (tertiary/aromatic N) is 3. The van der Waals surface area contributed by atoms with E-state index >= 15 is 0 Å². The smallest absolute Gasteiger partial charge is 0.0994 e. The van der Waals surface area contributed by atoms with Crippen LogP contribution >= 0.6 is 0 Å². The fraction of sp³-hybridized carbons (Fsp3) is 0.833. The van der Waals surface area contributed by atoms with Crippen LogP contribution < -0.4 is 5.73 Å². The fourth-order valence-electron chi connectivity index (χ4n) is 1.52. The van der Waals surface area contributed by atoms with Gasteiger partial charge in [0.15, 0.2) is 0 Å². The normalized spacial score (nSPS) is 14.7. The molecular formula is C12H24N4O2. The van der Waals surface area contributed by atoms with Crippen molar-refractivity contribution in [3.05, 3.63) is 11.9 Å². The van der Waals surface area contributed by atoms with E-state index in [1.54, 1.807) is 10.9 Å². The summed E-state index contributed by atoms with van der Waals surface area (Å²) in [7, 11) is 0. The minimum Gasteiger partial charge on any atom is -0.389 e. The first-order valence-corrected chi connectivity index (χ1v) is 6.58. The number of aliphatic hydroxyl groups is 1. The molecule has 1 heterocycles. The van der Waals surface area contributed by atoms with Crippen LogP contribution in [-0.4, -0.2) is 39.4 Å². The maximum atomic E-state index is 9.76. The number of hydrogen-bond donors (Lipinski definition) is 2. The van der Waals surface area contributed by atoms with E-state index in [1.807, 2.05) is 6.92 Å². The summed E-state index contributed by atoms with van der Waals surface area (Å²) >= 11 is 0. The van der Waals surface area contributed by atoms with Crippen molar-refractivity contribution in [1.82, 2.24) is 15.0 Å². The fourth-order valence-corrected chi connectivity index (χ4v) is 1.52. The van der Waals surface area contributed by atoms with E-state index in [1.165, 1.54) is 0 Å². The SMILES string of the molecule is CCCCOCC(O)Cn1cc(C(N)CC)nn1. The van der Waals surface area contributed by atoms with Crippen LogP contribution in [0, 0.1) is 0 Å². The first-order valence-electron chi connectivity index (χ1n) is 6.58. The summed E-state index contributed by atoms with van der Waals surface area (Å²) in [5.41, 5.74) is 6.61. The molecule has 0 aliphatic carbocycles. The van der Waals surface area contributed by atoms with Crippen LogP contribution in [0.4, 0.5) is 0 Å². The Kier molecular flexibility index (Phi) is 6.85. The highest BCUT2D eigenvalue weighted by molar-refractivity contribution is 4.98. The molecule has 0 aliphatic rings. The van der Waals surface area contributed by atoms with E-state index in [-0.39, 0.29) is 6.04 Å². The Labute approximate surface area is 108 Å². The molecule has 3 N–H and O–H groups in total. The molecule has 18 heavy (non-hydrogen) atoms. The Morgan fingerprint density at radius 2 is 2.28 bits per heavy atom. The Balaban J connectivity index is 2.30. The number of unbranched alkanes of at least 4 members (excludes halogenated alkanes) is 1. The number of aliphatic hydroxyl groups excluding tert-OH is 1. The minimum absolute atomic E-state index is 0.0864. The quantitative estimate of drug-likeness (QED) is 0.640. The largest absolute Gasteiger partial charge is 0.389 e. The van der Waals surface area contributed by atoms with Crippen molar-refractivity contribution >= 4 is 0 Å². The predicted octanol–water partition coefficient (Wildman–Crippen LogP) is 0.865. The van der Waals surface area contributed by atoms with Gasteiger partial charge in [0.1, 0.15) is 0 Å². The minimum atomic E-state index is -0.561. The van der Waals surface area contributed by atoms with Crippen LogP contribution in [0.15, 0.2) is 6.20 Å². The standard InChI is InChI=1S/C12H24N4O2/c1-3-5-6-18-9-10(17)7-16-8-12(14-15-16)11(13)4-2/h8,10-11,17H,3-7,9,13H2,1-2H3. The molecule has 2 atom stereocenters. The van der Waals surface area contributed by atoms with Gasteiger partial charge >= 0.3 is 0 Å². The lowest BCUT2D eigenvalue weighted by Gasteiger charge is -2.10. The number of nitrogens with two attached hydrogens (primary N) is 1. The van der Waals surface area contributed by atoms with Gasteiger partial charge in [-0.1, -0.05) is 25.5 Å². The van der Waals surface area contributed by atoms with Gasteiger partial charge in [0.25, 0.3) is 0 Å². The van der Waals surface area contributed by atoms with Gasteiger partial charge < -0.3 is 15.6 Å². The second kappa shape index (κ2) is 8.18. The average Bonchev–Trinajstić information content (AvgIpc) is 2.82. The molecular weight excluding hydrogens is 232 g/mol. The van der Waals surface area contributed by atoms with Gasteiger partial charge in [0.2, 0.25) is 0 Å². The summed E-state index contributed by atoms with van der Waals surface area (Å²) in [4.78, 5) is 0. The van der Waals surface area contributed by atoms with Crippen molar-refractivity contribution in [2.75, 3.05) is 13.2 Å². The van der Waals surface area contributed by atoms with E-state index in [4.69, 9.17) is 10.5 Å². The van der Waals surface area contributed by atoms with Crippen molar-refractivity contribution in [3.8, 4) is 0 Å². The molecule has 0 amide bonds. The Hall–Kier alpha value is -0.980. The highest BCUT2D eigenvalue weighted by atomic mass is 16.5. The van der Waals surface area contributed by atoms with E-state index in [9.17, 15) is 5.11 Å². The van der Waals surface area contributed by atoms with Gasteiger partial charge in [-0.05, 0) is 12.8 Å². The van der Waals surface area contributed by atoms with Gasteiger partial charge in [-0.3, -0.25) is 0 Å². The molecule has 0 aromatic carbocycles. The third kappa shape index (κ3) is 5.12. The van der Waals surface area contributed by atoms with Crippen molar-refractivity contribution in [2.24, 2.45) is 5.73 Å². The maximum absolute atomic E-state index is 9.76. The number of ether oxygens (including phenoxy) is 1. The Morgan fingerprint density at radius 1 is 1.50 bits per heavy atom. The zero-order chi connectivity index (χ0) is 13.4. The van der Waals surface area contributed by atoms with Crippen molar-refractivity contribution < 1.29 is 9.84 Å². The van der Waals surface area contributed by atoms with Crippen molar-refractivity contribution in [1.29, 1.82) is 0 Å². The summed E-state index contributed by atoms with van der Waals surface area (Å²) < 4.78 is 6.96. The first-order chi connectivity index (χ1) is 8.67. The van der Waals surface area contributed by atoms with E-state index in [0.29, 0.717) is 19.8 Å². The average molecular weight is 256 g/mol. The van der Waals surface area contributed by atoms with Crippen LogP contribution in [0.25, 0.3) is 0 Å². The third-order valence-corrected chi connectivity index (χ3v) is 2.73. The molecule has 104 valence electrons. The summed E-state index contributed by atoms with van der Waals surface area (Å²) in [6, 6.07) is -0.0864. The zero-order valence-electron chi connectivity index (χ0n) is 11.2. The lowest BCUT2D eigenvalue weighted by atomic mass is 10.2. The molecule has 0 radical (unpaired) electrons. The molecule has 0 bridgehead atoms. The van der Waals surface area contributed by atoms with Crippen LogP contribution in [-0.2, 0) is 11.3 Å². The van der Waals surface area contributed by atoms with Gasteiger partial charge in [-0.2, -0.15) is 0 Å². The molecule has 0 aliphatic heterocycles. The van der Waals surface area contributed by atoms with Gasteiger partial charge in [-0.15, -0.1) is 5.10 Å². The molecule has 1 aromatic heterocycles. The van der Waals surface area contributed by atoms with Crippen LogP contribution in [0.3, 0.4) is 0 Å². The van der Waals surface area contributed by atoms with Crippen molar-refractivity contribution in [2.45, 2.75) is 51.8 Å². The second-order valence-electron chi connectivity index (χ2n) is 4.46. The molecule has 0 saturated carbocycles. The second-order valence-corrected chi connectivity index (χ2v) is 4.46. The Morgan fingerprint density at radius 3 is 2.94 bits per heavy atom. The first kappa shape index (κ1) is 15.1.